The van der Waals surface area contributed by atoms with Crippen LogP contribution in [0.5, 0.6) is 0 Å². The highest BCUT2D eigenvalue weighted by atomic mass is 79.9. The van der Waals surface area contributed by atoms with E-state index in [0.717, 1.165) is 24.2 Å². The molecule has 1 aromatic heterocycles. The van der Waals surface area contributed by atoms with Crippen LogP contribution in [0.25, 0.3) is 0 Å². The average Bonchev–Trinajstić information content (AvgIpc) is 2.73. The molecule has 17 heavy (non-hydrogen) atoms. The number of aromatic nitrogens is 1. The van der Waals surface area contributed by atoms with Crippen molar-refractivity contribution >= 4 is 15.9 Å². The molecule has 0 saturated heterocycles. The summed E-state index contributed by atoms with van der Waals surface area (Å²) in [6.07, 6.45) is 1.17. The predicted octanol–water partition coefficient (Wildman–Crippen LogP) is 3.20. The van der Waals surface area contributed by atoms with E-state index in [-0.39, 0.29) is 5.92 Å². The predicted molar refractivity (Wildman–Crippen MR) is 66.7 cm³/mol. The smallest absolute Gasteiger partial charge is 0.155 e. The molecule has 2 unspecified atom stereocenters. The highest BCUT2D eigenvalue weighted by Crippen LogP contribution is 2.43. The maximum Gasteiger partial charge on any atom is 0.155 e. The van der Waals surface area contributed by atoms with Crippen molar-refractivity contribution in [1.29, 1.82) is 0 Å². The molecule has 88 valence electrons. The Bertz CT molecular complexity index is 523. The SMILES string of the molecule is OC1c2c(Br)noc2CCC1c1ccccc1. The molecule has 1 heterocycles. The fraction of sp³-hybridized carbons (Fsp3) is 0.308. The summed E-state index contributed by atoms with van der Waals surface area (Å²) in [6.45, 7) is 0. The van der Waals surface area contributed by atoms with Gasteiger partial charge in [0, 0.05) is 12.3 Å². The summed E-state index contributed by atoms with van der Waals surface area (Å²) in [5.41, 5.74) is 1.98. The van der Waals surface area contributed by atoms with E-state index in [0.29, 0.717) is 4.60 Å². The van der Waals surface area contributed by atoms with Crippen LogP contribution in [0.2, 0.25) is 0 Å². The van der Waals surface area contributed by atoms with Crippen molar-refractivity contribution in [3.8, 4) is 0 Å². The second kappa shape index (κ2) is 4.27. The van der Waals surface area contributed by atoms with Crippen LogP contribution in [0.3, 0.4) is 0 Å². The molecule has 0 saturated carbocycles. The molecule has 1 aliphatic carbocycles. The first-order chi connectivity index (χ1) is 8.27. The largest absolute Gasteiger partial charge is 0.388 e. The molecule has 0 aliphatic heterocycles. The highest BCUT2D eigenvalue weighted by molar-refractivity contribution is 9.10. The third kappa shape index (κ3) is 1.81. The summed E-state index contributed by atoms with van der Waals surface area (Å²) in [6, 6.07) is 10.1. The Labute approximate surface area is 108 Å². The molecule has 3 rings (SSSR count). The lowest BCUT2D eigenvalue weighted by atomic mass is 9.81. The van der Waals surface area contributed by atoms with Gasteiger partial charge in [0.25, 0.3) is 0 Å². The minimum absolute atomic E-state index is 0.124. The molecule has 3 nitrogen and oxygen atoms in total. The fourth-order valence-electron chi connectivity index (χ4n) is 2.47. The van der Waals surface area contributed by atoms with E-state index >= 15 is 0 Å². The molecule has 0 amide bonds. The summed E-state index contributed by atoms with van der Waals surface area (Å²) < 4.78 is 5.81. The Balaban J connectivity index is 1.99. The van der Waals surface area contributed by atoms with E-state index in [1.807, 2.05) is 18.2 Å². The van der Waals surface area contributed by atoms with Crippen LogP contribution in [0, 0.1) is 0 Å². The molecule has 2 aromatic rings. The number of nitrogens with zero attached hydrogens (tertiary/aromatic N) is 1. The van der Waals surface area contributed by atoms with E-state index in [1.54, 1.807) is 0 Å². The van der Waals surface area contributed by atoms with E-state index in [1.165, 1.54) is 5.56 Å². The van der Waals surface area contributed by atoms with Gasteiger partial charge in [-0.3, -0.25) is 0 Å². The van der Waals surface area contributed by atoms with Crippen molar-refractivity contribution in [3.63, 3.8) is 0 Å². The van der Waals surface area contributed by atoms with Crippen LogP contribution in [-0.4, -0.2) is 10.3 Å². The quantitative estimate of drug-likeness (QED) is 0.878. The maximum atomic E-state index is 10.4. The zero-order valence-corrected chi connectivity index (χ0v) is 10.7. The highest BCUT2D eigenvalue weighted by Gasteiger charge is 2.34. The van der Waals surface area contributed by atoms with Gasteiger partial charge in [-0.15, -0.1) is 0 Å². The lowest BCUT2D eigenvalue weighted by Crippen LogP contribution is -2.18. The molecule has 1 aromatic carbocycles. The number of aryl methyl sites for hydroxylation is 1. The average molecular weight is 294 g/mol. The van der Waals surface area contributed by atoms with Gasteiger partial charge in [-0.25, -0.2) is 0 Å². The van der Waals surface area contributed by atoms with E-state index in [9.17, 15) is 5.11 Å². The first-order valence-electron chi connectivity index (χ1n) is 5.64. The van der Waals surface area contributed by atoms with E-state index < -0.39 is 6.10 Å². The van der Waals surface area contributed by atoms with Crippen LogP contribution in [-0.2, 0) is 6.42 Å². The van der Waals surface area contributed by atoms with E-state index in [2.05, 4.69) is 33.2 Å². The van der Waals surface area contributed by atoms with Gasteiger partial charge in [-0.05, 0) is 27.9 Å². The number of benzene rings is 1. The number of hydrogen-bond acceptors (Lipinski definition) is 3. The summed E-state index contributed by atoms with van der Waals surface area (Å²) in [5.74, 6) is 0.927. The van der Waals surface area contributed by atoms with Crippen LogP contribution in [0.1, 0.15) is 35.3 Å². The Morgan fingerprint density at radius 3 is 2.82 bits per heavy atom. The van der Waals surface area contributed by atoms with Gasteiger partial charge in [0.1, 0.15) is 5.76 Å². The molecule has 0 bridgehead atoms. The van der Waals surface area contributed by atoms with Gasteiger partial charge in [0.05, 0.1) is 11.7 Å². The lowest BCUT2D eigenvalue weighted by molar-refractivity contribution is 0.126. The Morgan fingerprint density at radius 2 is 2.06 bits per heavy atom. The number of fused-ring (bicyclic) bond motifs is 1. The number of aliphatic hydroxyl groups excluding tert-OH is 1. The Hall–Kier alpha value is -1.13. The topological polar surface area (TPSA) is 46.3 Å². The number of hydrogen-bond donors (Lipinski definition) is 1. The minimum Gasteiger partial charge on any atom is -0.388 e. The number of aliphatic hydroxyl groups is 1. The third-order valence-corrected chi connectivity index (χ3v) is 3.92. The molecule has 0 fully saturated rings. The number of rotatable bonds is 1. The molecule has 1 N–H and O–H groups in total. The lowest BCUT2D eigenvalue weighted by Gasteiger charge is -2.27. The maximum absolute atomic E-state index is 10.4. The monoisotopic (exact) mass is 293 g/mol. The summed E-state index contributed by atoms with van der Waals surface area (Å²) >= 11 is 3.33. The van der Waals surface area contributed by atoms with Crippen LogP contribution in [0.4, 0.5) is 0 Å². The Morgan fingerprint density at radius 1 is 1.29 bits per heavy atom. The molecular weight excluding hydrogens is 282 g/mol. The standard InChI is InChI=1S/C13H12BrNO2/c14-13-11-10(17-15-13)7-6-9(12(11)16)8-4-2-1-3-5-8/h1-5,9,12,16H,6-7H2. The van der Waals surface area contributed by atoms with Crippen LogP contribution >= 0.6 is 15.9 Å². The zero-order valence-electron chi connectivity index (χ0n) is 9.14. The molecule has 0 radical (unpaired) electrons. The summed E-state index contributed by atoms with van der Waals surface area (Å²) in [4.78, 5) is 0. The summed E-state index contributed by atoms with van der Waals surface area (Å²) in [7, 11) is 0. The van der Waals surface area contributed by atoms with Crippen LogP contribution < -0.4 is 0 Å². The van der Waals surface area contributed by atoms with Gasteiger partial charge in [-0.1, -0.05) is 35.5 Å². The Kier molecular flexibility index (Phi) is 2.76. The second-order valence-electron chi connectivity index (χ2n) is 4.31. The summed E-state index contributed by atoms with van der Waals surface area (Å²) in [5, 5.41) is 14.3. The zero-order chi connectivity index (χ0) is 11.8. The van der Waals surface area contributed by atoms with Crippen molar-refractivity contribution in [1.82, 2.24) is 5.16 Å². The van der Waals surface area contributed by atoms with Crippen molar-refractivity contribution in [2.24, 2.45) is 0 Å². The minimum atomic E-state index is -0.540. The van der Waals surface area contributed by atoms with Crippen molar-refractivity contribution in [2.45, 2.75) is 24.9 Å². The van der Waals surface area contributed by atoms with Crippen molar-refractivity contribution in [3.05, 3.63) is 51.8 Å². The second-order valence-corrected chi connectivity index (χ2v) is 5.06. The van der Waals surface area contributed by atoms with Gasteiger partial charge in [0.2, 0.25) is 0 Å². The first kappa shape index (κ1) is 11.0. The normalized spacial score (nSPS) is 23.4. The van der Waals surface area contributed by atoms with Gasteiger partial charge >= 0.3 is 0 Å². The third-order valence-electron chi connectivity index (χ3n) is 3.35. The number of halogens is 1. The van der Waals surface area contributed by atoms with Gasteiger partial charge in [-0.2, -0.15) is 0 Å². The molecule has 4 heteroatoms. The first-order valence-corrected chi connectivity index (χ1v) is 6.43. The molecule has 1 aliphatic rings. The molecular formula is C13H12BrNO2. The fourth-order valence-corrected chi connectivity index (χ4v) is 3.00. The molecule has 2 atom stereocenters. The van der Waals surface area contributed by atoms with Crippen molar-refractivity contribution in [2.75, 3.05) is 0 Å². The van der Waals surface area contributed by atoms with E-state index in [4.69, 9.17) is 4.52 Å². The molecule has 0 spiro atoms. The van der Waals surface area contributed by atoms with Gasteiger partial charge in [0.15, 0.2) is 4.60 Å². The van der Waals surface area contributed by atoms with Gasteiger partial charge < -0.3 is 9.63 Å². The van der Waals surface area contributed by atoms with Crippen LogP contribution in [0.15, 0.2) is 39.5 Å². The van der Waals surface area contributed by atoms with Crippen molar-refractivity contribution < 1.29 is 9.63 Å².